The molecule has 7 heteroatoms. The predicted molar refractivity (Wildman–Crippen MR) is 107 cm³/mol. The first-order valence-corrected chi connectivity index (χ1v) is 9.28. The van der Waals surface area contributed by atoms with Crippen LogP contribution in [0, 0.1) is 0 Å². The van der Waals surface area contributed by atoms with Gasteiger partial charge in [0.15, 0.2) is 0 Å². The average Bonchev–Trinajstić information content (AvgIpc) is 2.55. The molecule has 2 amide bonds. The smallest absolute Gasteiger partial charge is 0.410 e. The van der Waals surface area contributed by atoms with Crippen LogP contribution in [-0.2, 0) is 25.5 Å². The Morgan fingerprint density at radius 2 is 1.61 bits per heavy atom. The van der Waals surface area contributed by atoms with Crippen LogP contribution in [0.4, 0.5) is 4.79 Å². The summed E-state index contributed by atoms with van der Waals surface area (Å²) in [4.78, 5) is 37.9. The maximum atomic E-state index is 12.9. The molecule has 1 unspecified atom stereocenters. The monoisotopic (exact) mass is 392 g/mol. The van der Waals surface area contributed by atoms with E-state index >= 15 is 0 Å². The minimum Gasteiger partial charge on any atom is -0.458 e. The van der Waals surface area contributed by atoms with Gasteiger partial charge in [0.05, 0.1) is 6.54 Å². The molecule has 1 aromatic carbocycles. The number of ether oxygens (including phenoxy) is 2. The number of nitrogens with one attached hydrogen (secondary N) is 1. The minimum absolute atomic E-state index is 0.124. The van der Waals surface area contributed by atoms with Gasteiger partial charge in [-0.3, -0.25) is 14.5 Å². The molecule has 1 atom stereocenters. The Morgan fingerprint density at radius 3 is 2.11 bits per heavy atom. The second-order valence-corrected chi connectivity index (χ2v) is 8.37. The second-order valence-electron chi connectivity index (χ2n) is 8.37. The van der Waals surface area contributed by atoms with E-state index in [9.17, 15) is 14.4 Å². The lowest BCUT2D eigenvalue weighted by Gasteiger charge is -2.31. The van der Waals surface area contributed by atoms with E-state index in [0.717, 1.165) is 5.56 Å². The molecule has 7 nitrogen and oxygen atoms in total. The molecular weight excluding hydrogens is 360 g/mol. The summed E-state index contributed by atoms with van der Waals surface area (Å²) in [5.74, 6) is -0.775. The minimum atomic E-state index is -0.858. The van der Waals surface area contributed by atoms with Gasteiger partial charge in [-0.2, -0.15) is 0 Å². The summed E-state index contributed by atoms with van der Waals surface area (Å²) in [6.45, 7) is 10.2. The summed E-state index contributed by atoms with van der Waals surface area (Å²) in [6.07, 6.45) is -0.251. The van der Waals surface area contributed by atoms with Crippen molar-refractivity contribution >= 4 is 18.0 Å². The maximum Gasteiger partial charge on any atom is 0.410 e. The number of carbonyl (C=O) groups excluding carboxylic acids is 3. The molecule has 0 aromatic heterocycles. The summed E-state index contributed by atoms with van der Waals surface area (Å²) in [6, 6.07) is 8.66. The normalized spacial score (nSPS) is 12.7. The zero-order valence-corrected chi connectivity index (χ0v) is 17.9. The number of likely N-dealkylation sites (N-methyl/N-ethyl adjacent to an activating group) is 1. The van der Waals surface area contributed by atoms with Crippen molar-refractivity contribution in [2.24, 2.45) is 0 Å². The molecule has 0 radical (unpaired) electrons. The third-order valence-electron chi connectivity index (χ3n) is 3.83. The van der Waals surface area contributed by atoms with Crippen molar-refractivity contribution in [3.8, 4) is 0 Å². The van der Waals surface area contributed by atoms with E-state index < -0.39 is 29.3 Å². The molecular formula is C21H32N2O5. The molecule has 0 spiro atoms. The van der Waals surface area contributed by atoms with Crippen molar-refractivity contribution in [2.75, 3.05) is 13.6 Å². The van der Waals surface area contributed by atoms with Gasteiger partial charge in [-0.1, -0.05) is 30.3 Å². The Hall–Kier alpha value is -2.57. The summed E-state index contributed by atoms with van der Waals surface area (Å²) in [7, 11) is 1.54. The molecule has 0 fully saturated rings. The standard InChI is InChI=1S/C21H32N2O5/c1-15(24)27-21(5,6)14-22-18(25)17(13-16-11-9-8-10-12-16)23(7)19(26)28-20(2,3)4/h8-12,17H,13-14H2,1-7H3,(H,22,25). The van der Waals surface area contributed by atoms with Crippen LogP contribution in [0.15, 0.2) is 30.3 Å². The molecule has 0 saturated carbocycles. The quantitative estimate of drug-likeness (QED) is 0.721. The highest BCUT2D eigenvalue weighted by atomic mass is 16.6. The predicted octanol–water partition coefficient (Wildman–Crippen LogP) is 2.92. The van der Waals surface area contributed by atoms with Crippen LogP contribution in [-0.4, -0.2) is 53.7 Å². The zero-order chi connectivity index (χ0) is 21.5. The van der Waals surface area contributed by atoms with Crippen LogP contribution in [0.2, 0.25) is 0 Å². The van der Waals surface area contributed by atoms with E-state index in [2.05, 4.69) is 5.32 Å². The Kier molecular flexibility index (Phi) is 8.02. The molecule has 1 rings (SSSR count). The van der Waals surface area contributed by atoms with Crippen LogP contribution in [0.3, 0.4) is 0 Å². The topological polar surface area (TPSA) is 84.9 Å². The fourth-order valence-corrected chi connectivity index (χ4v) is 2.55. The highest BCUT2D eigenvalue weighted by Crippen LogP contribution is 2.15. The number of esters is 1. The zero-order valence-electron chi connectivity index (χ0n) is 17.9. The molecule has 0 aliphatic rings. The maximum absolute atomic E-state index is 12.9. The molecule has 0 aliphatic carbocycles. The summed E-state index contributed by atoms with van der Waals surface area (Å²) < 4.78 is 10.6. The van der Waals surface area contributed by atoms with Crippen molar-refractivity contribution in [1.82, 2.24) is 10.2 Å². The lowest BCUT2D eigenvalue weighted by Crippen LogP contribution is -2.52. The summed E-state index contributed by atoms with van der Waals surface area (Å²) >= 11 is 0. The molecule has 0 aliphatic heterocycles. The number of nitrogens with zero attached hydrogens (tertiary/aromatic N) is 1. The second kappa shape index (κ2) is 9.57. The molecule has 28 heavy (non-hydrogen) atoms. The van der Waals surface area contributed by atoms with Crippen molar-refractivity contribution in [1.29, 1.82) is 0 Å². The van der Waals surface area contributed by atoms with E-state index in [1.54, 1.807) is 41.7 Å². The lowest BCUT2D eigenvalue weighted by molar-refractivity contribution is -0.154. The van der Waals surface area contributed by atoms with Gasteiger partial charge in [-0.25, -0.2) is 4.79 Å². The first-order chi connectivity index (χ1) is 12.8. The lowest BCUT2D eigenvalue weighted by atomic mass is 10.0. The molecule has 0 bridgehead atoms. The van der Waals surface area contributed by atoms with Crippen LogP contribution in [0.5, 0.6) is 0 Å². The molecule has 1 N–H and O–H groups in total. The fourth-order valence-electron chi connectivity index (χ4n) is 2.55. The molecule has 0 saturated heterocycles. The Bertz CT molecular complexity index is 680. The first kappa shape index (κ1) is 23.5. The summed E-state index contributed by atoms with van der Waals surface area (Å²) in [5, 5.41) is 2.78. The van der Waals surface area contributed by atoms with Crippen LogP contribution in [0.25, 0.3) is 0 Å². The number of benzene rings is 1. The Balaban J connectivity index is 2.94. The van der Waals surface area contributed by atoms with Gasteiger partial charge in [-0.05, 0) is 40.2 Å². The molecule has 156 valence electrons. The van der Waals surface area contributed by atoms with E-state index in [1.807, 2.05) is 30.3 Å². The van der Waals surface area contributed by atoms with Gasteiger partial charge in [-0.15, -0.1) is 0 Å². The fraction of sp³-hybridized carbons (Fsp3) is 0.571. The number of carbonyl (C=O) groups is 3. The number of hydrogen-bond donors (Lipinski definition) is 1. The van der Waals surface area contributed by atoms with Gasteiger partial charge in [0.2, 0.25) is 5.91 Å². The van der Waals surface area contributed by atoms with Gasteiger partial charge in [0.25, 0.3) is 0 Å². The van der Waals surface area contributed by atoms with Crippen molar-refractivity contribution in [2.45, 2.75) is 65.2 Å². The van der Waals surface area contributed by atoms with E-state index in [1.165, 1.54) is 11.8 Å². The third-order valence-corrected chi connectivity index (χ3v) is 3.83. The van der Waals surface area contributed by atoms with Crippen LogP contribution >= 0.6 is 0 Å². The van der Waals surface area contributed by atoms with Crippen molar-refractivity contribution < 1.29 is 23.9 Å². The molecule has 1 aromatic rings. The summed E-state index contributed by atoms with van der Waals surface area (Å²) in [5.41, 5.74) is -0.614. The van der Waals surface area contributed by atoms with Gasteiger partial charge in [0.1, 0.15) is 17.2 Å². The average molecular weight is 392 g/mol. The highest BCUT2D eigenvalue weighted by molar-refractivity contribution is 5.86. The first-order valence-electron chi connectivity index (χ1n) is 9.28. The van der Waals surface area contributed by atoms with E-state index in [0.29, 0.717) is 6.42 Å². The largest absolute Gasteiger partial charge is 0.458 e. The van der Waals surface area contributed by atoms with Crippen molar-refractivity contribution in [3.63, 3.8) is 0 Å². The van der Waals surface area contributed by atoms with Crippen molar-refractivity contribution in [3.05, 3.63) is 35.9 Å². The van der Waals surface area contributed by atoms with E-state index in [4.69, 9.17) is 9.47 Å². The van der Waals surface area contributed by atoms with Gasteiger partial charge < -0.3 is 14.8 Å². The Labute approximate surface area is 167 Å². The number of rotatable bonds is 7. The van der Waals surface area contributed by atoms with Gasteiger partial charge in [0, 0.05) is 20.4 Å². The van der Waals surface area contributed by atoms with Crippen LogP contribution < -0.4 is 5.32 Å². The Morgan fingerprint density at radius 1 is 1.04 bits per heavy atom. The van der Waals surface area contributed by atoms with Gasteiger partial charge >= 0.3 is 12.1 Å². The third kappa shape index (κ3) is 8.41. The van der Waals surface area contributed by atoms with Crippen LogP contribution in [0.1, 0.15) is 47.1 Å². The van der Waals surface area contributed by atoms with E-state index in [-0.39, 0.29) is 12.5 Å². The number of hydrogen-bond acceptors (Lipinski definition) is 5. The molecule has 0 heterocycles. The SMILES string of the molecule is CC(=O)OC(C)(C)CNC(=O)C(Cc1ccccc1)N(C)C(=O)OC(C)(C)C. The number of amides is 2. The highest BCUT2D eigenvalue weighted by Gasteiger charge is 2.32.